The first-order chi connectivity index (χ1) is 7.15. The molecule has 2 rings (SSSR count). The number of hydrogen-bond acceptors (Lipinski definition) is 4. The summed E-state index contributed by atoms with van der Waals surface area (Å²) in [5.74, 6) is 1.82. The molecule has 3 nitrogen and oxygen atoms in total. The third-order valence-electron chi connectivity index (χ3n) is 3.16. The smallest absolute Gasteiger partial charge is 0.157 e. The van der Waals surface area contributed by atoms with Crippen LogP contribution in [0.2, 0.25) is 0 Å². The highest BCUT2D eigenvalue weighted by Gasteiger charge is 2.25. The molecule has 4 heteroatoms. The molecular formula is C11H21N3S. The predicted octanol–water partition coefficient (Wildman–Crippen LogP) is 1.41. The average Bonchev–Trinajstić information content (AvgIpc) is 2.76. The van der Waals surface area contributed by atoms with Crippen molar-refractivity contribution < 1.29 is 0 Å². The summed E-state index contributed by atoms with van der Waals surface area (Å²) in [5.41, 5.74) is 0. The maximum Gasteiger partial charge on any atom is 0.157 e. The van der Waals surface area contributed by atoms with Crippen LogP contribution < -0.4 is 5.32 Å². The molecule has 2 atom stereocenters. The Balaban J connectivity index is 1.83. The van der Waals surface area contributed by atoms with Crippen LogP contribution in [0.15, 0.2) is 4.99 Å². The lowest BCUT2D eigenvalue weighted by Gasteiger charge is -2.13. The second kappa shape index (κ2) is 4.74. The summed E-state index contributed by atoms with van der Waals surface area (Å²) in [6, 6.07) is 1.14. The van der Waals surface area contributed by atoms with Gasteiger partial charge in [0.05, 0.1) is 6.04 Å². The van der Waals surface area contributed by atoms with Crippen LogP contribution in [0.25, 0.3) is 0 Å². The highest BCUT2D eigenvalue weighted by Crippen LogP contribution is 2.22. The summed E-state index contributed by atoms with van der Waals surface area (Å²) in [6.07, 6.45) is 1.25. The van der Waals surface area contributed by atoms with Gasteiger partial charge in [-0.1, -0.05) is 25.6 Å². The Morgan fingerprint density at radius 3 is 2.87 bits per heavy atom. The van der Waals surface area contributed by atoms with E-state index in [1.807, 2.05) is 11.8 Å². The van der Waals surface area contributed by atoms with Crippen LogP contribution in [0.4, 0.5) is 0 Å². The lowest BCUT2D eigenvalue weighted by Crippen LogP contribution is -2.34. The van der Waals surface area contributed by atoms with Crippen molar-refractivity contribution in [1.29, 1.82) is 0 Å². The van der Waals surface area contributed by atoms with Crippen LogP contribution in [0.5, 0.6) is 0 Å². The van der Waals surface area contributed by atoms with Gasteiger partial charge in [0.1, 0.15) is 0 Å². The molecule has 1 saturated heterocycles. The zero-order valence-electron chi connectivity index (χ0n) is 9.86. The molecule has 0 aromatic carbocycles. The third kappa shape index (κ3) is 2.88. The van der Waals surface area contributed by atoms with Crippen molar-refractivity contribution in [3.8, 4) is 0 Å². The second-order valence-electron chi connectivity index (χ2n) is 4.95. The number of likely N-dealkylation sites (tertiary alicyclic amines) is 1. The molecule has 0 saturated carbocycles. The van der Waals surface area contributed by atoms with Crippen LogP contribution in [-0.2, 0) is 0 Å². The van der Waals surface area contributed by atoms with Gasteiger partial charge in [0.25, 0.3) is 0 Å². The quantitative estimate of drug-likeness (QED) is 0.773. The van der Waals surface area contributed by atoms with Crippen LogP contribution in [-0.4, -0.2) is 48.0 Å². The summed E-state index contributed by atoms with van der Waals surface area (Å²) in [4.78, 5) is 7.10. The van der Waals surface area contributed by atoms with Crippen molar-refractivity contribution in [2.75, 3.05) is 25.9 Å². The summed E-state index contributed by atoms with van der Waals surface area (Å²) in [5, 5.41) is 4.74. The maximum absolute atomic E-state index is 4.73. The van der Waals surface area contributed by atoms with E-state index in [0.29, 0.717) is 18.0 Å². The van der Waals surface area contributed by atoms with Crippen LogP contribution >= 0.6 is 11.8 Å². The van der Waals surface area contributed by atoms with Gasteiger partial charge in [-0.3, -0.25) is 4.99 Å². The Morgan fingerprint density at radius 2 is 2.33 bits per heavy atom. The van der Waals surface area contributed by atoms with E-state index in [-0.39, 0.29) is 0 Å². The van der Waals surface area contributed by atoms with E-state index in [4.69, 9.17) is 4.99 Å². The molecule has 0 aromatic heterocycles. The molecule has 0 aliphatic carbocycles. The zero-order chi connectivity index (χ0) is 10.8. The van der Waals surface area contributed by atoms with Crippen molar-refractivity contribution >= 4 is 16.9 Å². The second-order valence-corrected chi connectivity index (χ2v) is 5.96. The molecule has 2 aliphatic rings. The highest BCUT2D eigenvalue weighted by molar-refractivity contribution is 8.14. The van der Waals surface area contributed by atoms with Gasteiger partial charge in [-0.25, -0.2) is 0 Å². The molecule has 0 amide bonds. The molecule has 2 aliphatic heterocycles. The number of hydrogen-bond donors (Lipinski definition) is 1. The van der Waals surface area contributed by atoms with Crippen molar-refractivity contribution in [2.45, 2.75) is 32.4 Å². The first kappa shape index (κ1) is 11.3. The van der Waals surface area contributed by atoms with E-state index in [2.05, 4.69) is 31.1 Å². The van der Waals surface area contributed by atoms with Crippen LogP contribution in [0.1, 0.15) is 20.3 Å². The molecule has 2 heterocycles. The van der Waals surface area contributed by atoms with Gasteiger partial charge in [-0.15, -0.1) is 0 Å². The molecule has 1 N–H and O–H groups in total. The van der Waals surface area contributed by atoms with E-state index in [0.717, 1.165) is 12.3 Å². The molecule has 0 radical (unpaired) electrons. The third-order valence-corrected chi connectivity index (χ3v) is 4.17. The van der Waals surface area contributed by atoms with E-state index in [1.165, 1.54) is 18.1 Å². The van der Waals surface area contributed by atoms with Crippen LogP contribution in [0.3, 0.4) is 0 Å². The molecule has 1 fully saturated rings. The molecule has 2 unspecified atom stereocenters. The van der Waals surface area contributed by atoms with E-state index >= 15 is 0 Å². The minimum absolute atomic E-state index is 0.525. The fourth-order valence-electron chi connectivity index (χ4n) is 2.04. The Hall–Kier alpha value is -0.220. The lowest BCUT2D eigenvalue weighted by atomic mass is 10.1. The Morgan fingerprint density at radius 1 is 1.53 bits per heavy atom. The molecule has 0 bridgehead atoms. The summed E-state index contributed by atoms with van der Waals surface area (Å²) in [6.45, 7) is 6.87. The van der Waals surface area contributed by atoms with Gasteiger partial charge in [0.2, 0.25) is 0 Å². The molecule has 15 heavy (non-hydrogen) atoms. The van der Waals surface area contributed by atoms with Crippen molar-refractivity contribution in [3.05, 3.63) is 0 Å². The molecular weight excluding hydrogens is 206 g/mol. The number of aliphatic imine (C=N–C) groups is 1. The summed E-state index contributed by atoms with van der Waals surface area (Å²) < 4.78 is 0. The average molecular weight is 227 g/mol. The lowest BCUT2D eigenvalue weighted by molar-refractivity contribution is 0.407. The van der Waals surface area contributed by atoms with E-state index < -0.39 is 0 Å². The minimum Gasteiger partial charge on any atom is -0.361 e. The first-order valence-corrected chi connectivity index (χ1v) is 6.79. The van der Waals surface area contributed by atoms with Gasteiger partial charge in [-0.2, -0.15) is 0 Å². The topological polar surface area (TPSA) is 27.6 Å². The van der Waals surface area contributed by atoms with E-state index in [9.17, 15) is 0 Å². The van der Waals surface area contributed by atoms with Crippen LogP contribution in [0, 0.1) is 5.92 Å². The van der Waals surface area contributed by atoms with Gasteiger partial charge < -0.3 is 10.2 Å². The fourth-order valence-corrected chi connectivity index (χ4v) is 3.29. The maximum atomic E-state index is 4.73. The molecule has 0 aromatic rings. The first-order valence-electron chi connectivity index (χ1n) is 5.81. The van der Waals surface area contributed by atoms with Gasteiger partial charge in [-0.05, 0) is 25.9 Å². The van der Waals surface area contributed by atoms with Gasteiger partial charge >= 0.3 is 0 Å². The zero-order valence-corrected chi connectivity index (χ0v) is 10.7. The van der Waals surface area contributed by atoms with E-state index in [1.54, 1.807) is 0 Å². The monoisotopic (exact) mass is 227 g/mol. The van der Waals surface area contributed by atoms with Gasteiger partial charge in [0.15, 0.2) is 5.17 Å². The number of likely N-dealkylation sites (N-methyl/N-ethyl adjacent to an activating group) is 1. The van der Waals surface area contributed by atoms with Crippen molar-refractivity contribution in [2.24, 2.45) is 10.9 Å². The molecule has 86 valence electrons. The number of thioether (sulfide) groups is 1. The number of rotatable bonds is 2. The largest absolute Gasteiger partial charge is 0.361 e. The fraction of sp³-hybridized carbons (Fsp3) is 0.909. The summed E-state index contributed by atoms with van der Waals surface area (Å²) in [7, 11) is 2.18. The highest BCUT2D eigenvalue weighted by atomic mass is 32.2. The minimum atomic E-state index is 0.525. The summed E-state index contributed by atoms with van der Waals surface area (Å²) >= 11 is 1.89. The standard InChI is InChI=1S/C11H21N3S/c1-8(2)10-7-15-11(13-10)12-9-4-5-14(3)6-9/h8-10H,4-7H2,1-3H3,(H,12,13). The normalized spacial score (nSPS) is 32.4. The number of nitrogens with one attached hydrogen (secondary N) is 1. The molecule has 0 spiro atoms. The Bertz CT molecular complexity index is 252. The Kier molecular flexibility index (Phi) is 3.57. The number of nitrogens with zero attached hydrogens (tertiary/aromatic N) is 2. The van der Waals surface area contributed by atoms with Gasteiger partial charge in [0, 0.05) is 18.3 Å². The SMILES string of the molecule is CC(C)C1CSC(NC2CCN(C)C2)=N1. The van der Waals surface area contributed by atoms with Crippen molar-refractivity contribution in [1.82, 2.24) is 10.2 Å². The van der Waals surface area contributed by atoms with Crippen molar-refractivity contribution in [3.63, 3.8) is 0 Å². The predicted molar refractivity (Wildman–Crippen MR) is 67.6 cm³/mol. The Labute approximate surface area is 96.7 Å². The number of amidine groups is 1.